The number of hydrogen-bond donors (Lipinski definition) is 2. The van der Waals surface area contributed by atoms with Crippen molar-refractivity contribution in [1.82, 2.24) is 20.1 Å². The summed E-state index contributed by atoms with van der Waals surface area (Å²) in [6, 6.07) is 12.4. The van der Waals surface area contributed by atoms with Gasteiger partial charge in [0.1, 0.15) is 10.8 Å². The number of aryl methyl sites for hydroxylation is 1. The van der Waals surface area contributed by atoms with Crippen LogP contribution in [0.2, 0.25) is 0 Å². The van der Waals surface area contributed by atoms with E-state index in [1.54, 1.807) is 11.3 Å². The van der Waals surface area contributed by atoms with Gasteiger partial charge < -0.3 is 10.6 Å². The minimum atomic E-state index is 0.548. The van der Waals surface area contributed by atoms with E-state index in [1.165, 1.54) is 10.4 Å². The molecule has 4 rings (SSSR count). The molecular formula is C18H21N5S. The largest absolute Gasteiger partial charge is 0.370 e. The molecule has 1 unspecified atom stereocenters. The van der Waals surface area contributed by atoms with Crippen molar-refractivity contribution in [1.29, 1.82) is 0 Å². The van der Waals surface area contributed by atoms with Gasteiger partial charge in [-0.15, -0.1) is 11.3 Å². The Morgan fingerprint density at radius 2 is 2.17 bits per heavy atom. The van der Waals surface area contributed by atoms with E-state index in [0.29, 0.717) is 5.92 Å². The highest BCUT2D eigenvalue weighted by Crippen LogP contribution is 2.27. The van der Waals surface area contributed by atoms with Crippen molar-refractivity contribution in [2.45, 2.75) is 20.0 Å². The molecule has 1 aliphatic heterocycles. The van der Waals surface area contributed by atoms with Crippen LogP contribution in [0.3, 0.4) is 0 Å². The third kappa shape index (κ3) is 3.20. The highest BCUT2D eigenvalue weighted by atomic mass is 32.1. The van der Waals surface area contributed by atoms with Crippen molar-refractivity contribution in [2.75, 3.05) is 18.4 Å². The molecule has 24 heavy (non-hydrogen) atoms. The Bertz CT molecular complexity index is 808. The summed E-state index contributed by atoms with van der Waals surface area (Å²) in [6.45, 7) is 5.89. The van der Waals surface area contributed by atoms with Gasteiger partial charge in [0, 0.05) is 48.6 Å². The first kappa shape index (κ1) is 15.4. The van der Waals surface area contributed by atoms with Gasteiger partial charge in [-0.3, -0.25) is 0 Å². The molecule has 0 saturated carbocycles. The number of anilines is 1. The number of thiazole rings is 1. The highest BCUT2D eigenvalue weighted by Gasteiger charge is 2.18. The van der Waals surface area contributed by atoms with E-state index in [2.05, 4.69) is 46.9 Å². The summed E-state index contributed by atoms with van der Waals surface area (Å²) < 4.78 is 2.04. The zero-order valence-corrected chi connectivity index (χ0v) is 14.5. The van der Waals surface area contributed by atoms with Gasteiger partial charge in [-0.2, -0.15) is 5.10 Å². The van der Waals surface area contributed by atoms with Crippen LogP contribution in [0, 0.1) is 12.8 Å². The van der Waals surface area contributed by atoms with Crippen LogP contribution in [-0.4, -0.2) is 27.9 Å². The van der Waals surface area contributed by atoms with Crippen molar-refractivity contribution in [3.05, 3.63) is 52.5 Å². The number of rotatable bonds is 5. The van der Waals surface area contributed by atoms with Gasteiger partial charge in [0.15, 0.2) is 0 Å². The summed E-state index contributed by atoms with van der Waals surface area (Å²) in [5, 5.41) is 12.5. The van der Waals surface area contributed by atoms with Crippen LogP contribution in [0.15, 0.2) is 42.6 Å². The molecular weight excluding hydrogens is 318 g/mol. The molecule has 1 aliphatic rings. The first-order valence-electron chi connectivity index (χ1n) is 8.28. The molecule has 1 atom stereocenters. The number of aromatic nitrogens is 3. The lowest BCUT2D eigenvalue weighted by molar-refractivity contribution is 0.391. The molecule has 0 bridgehead atoms. The monoisotopic (exact) mass is 339 g/mol. The summed E-state index contributed by atoms with van der Waals surface area (Å²) in [4.78, 5) is 6.09. The van der Waals surface area contributed by atoms with Gasteiger partial charge in [0.2, 0.25) is 0 Å². The number of benzene rings is 1. The quantitative estimate of drug-likeness (QED) is 0.750. The van der Waals surface area contributed by atoms with Crippen LogP contribution in [-0.2, 0) is 13.1 Å². The van der Waals surface area contributed by atoms with E-state index in [1.807, 2.05) is 23.0 Å². The number of nitrogens with one attached hydrogen (secondary N) is 2. The van der Waals surface area contributed by atoms with E-state index < -0.39 is 0 Å². The van der Waals surface area contributed by atoms with Crippen LogP contribution in [0.4, 0.5) is 5.82 Å². The fraction of sp³-hybridized carbons (Fsp3) is 0.333. The van der Waals surface area contributed by atoms with Crippen molar-refractivity contribution in [2.24, 2.45) is 5.92 Å². The second-order valence-corrected chi connectivity index (χ2v) is 7.44. The van der Waals surface area contributed by atoms with Gasteiger partial charge in [0.25, 0.3) is 0 Å². The number of fused-ring (bicyclic) bond motifs is 1. The molecule has 2 aromatic heterocycles. The van der Waals surface area contributed by atoms with Gasteiger partial charge in [0.05, 0.1) is 11.9 Å². The minimum Gasteiger partial charge on any atom is -0.370 e. The Hall–Kier alpha value is -2.18. The third-order valence-electron chi connectivity index (χ3n) is 4.32. The maximum atomic E-state index is 4.81. The topological polar surface area (TPSA) is 54.8 Å². The maximum absolute atomic E-state index is 4.81. The van der Waals surface area contributed by atoms with Gasteiger partial charge in [-0.25, -0.2) is 9.67 Å². The van der Waals surface area contributed by atoms with E-state index >= 15 is 0 Å². The predicted molar refractivity (Wildman–Crippen MR) is 98.2 cm³/mol. The van der Waals surface area contributed by atoms with Gasteiger partial charge in [-0.1, -0.05) is 30.3 Å². The summed E-state index contributed by atoms with van der Waals surface area (Å²) in [7, 11) is 0. The van der Waals surface area contributed by atoms with E-state index in [0.717, 1.165) is 42.7 Å². The van der Waals surface area contributed by atoms with Crippen LogP contribution in [0.5, 0.6) is 0 Å². The average Bonchev–Trinajstić information content (AvgIpc) is 3.21. The molecule has 0 amide bonds. The molecule has 5 nitrogen and oxygen atoms in total. The summed E-state index contributed by atoms with van der Waals surface area (Å²) >= 11 is 1.78. The summed E-state index contributed by atoms with van der Waals surface area (Å²) in [5.74, 6) is 1.67. The first-order chi connectivity index (χ1) is 11.8. The Morgan fingerprint density at radius 1 is 1.29 bits per heavy atom. The van der Waals surface area contributed by atoms with Crippen molar-refractivity contribution >= 4 is 17.2 Å². The van der Waals surface area contributed by atoms with Gasteiger partial charge >= 0.3 is 0 Å². The fourth-order valence-electron chi connectivity index (χ4n) is 3.10. The minimum absolute atomic E-state index is 0.548. The smallest absolute Gasteiger partial charge is 0.124 e. The molecule has 0 aliphatic carbocycles. The molecule has 124 valence electrons. The SMILES string of the molecule is Cc1sc(CNCC2CNc3ccnn3C2)nc1-c1ccccc1. The Kier molecular flexibility index (Phi) is 4.32. The van der Waals surface area contributed by atoms with Crippen LogP contribution >= 0.6 is 11.3 Å². The number of nitrogens with zero attached hydrogens (tertiary/aromatic N) is 3. The molecule has 3 aromatic rings. The Balaban J connectivity index is 1.34. The normalized spacial score (nSPS) is 16.6. The fourth-order valence-corrected chi connectivity index (χ4v) is 4.02. The van der Waals surface area contributed by atoms with Crippen molar-refractivity contribution in [3.8, 4) is 11.3 Å². The predicted octanol–water partition coefficient (Wildman–Crippen LogP) is 3.15. The average molecular weight is 339 g/mol. The molecule has 0 saturated heterocycles. The lowest BCUT2D eigenvalue weighted by atomic mass is 10.1. The second kappa shape index (κ2) is 6.75. The van der Waals surface area contributed by atoms with Crippen LogP contribution in [0.25, 0.3) is 11.3 Å². The third-order valence-corrected chi connectivity index (χ3v) is 5.29. The second-order valence-electron chi connectivity index (χ2n) is 6.15. The Labute approximate surface area is 145 Å². The Morgan fingerprint density at radius 3 is 3.04 bits per heavy atom. The molecule has 3 heterocycles. The summed E-state index contributed by atoms with van der Waals surface area (Å²) in [5.41, 5.74) is 2.30. The lowest BCUT2D eigenvalue weighted by Gasteiger charge is -2.25. The van der Waals surface area contributed by atoms with Crippen LogP contribution in [0.1, 0.15) is 9.88 Å². The molecule has 0 spiro atoms. The molecule has 6 heteroatoms. The van der Waals surface area contributed by atoms with Crippen LogP contribution < -0.4 is 10.6 Å². The molecule has 2 N–H and O–H groups in total. The standard InChI is InChI=1S/C18H21N5S/c1-13-18(15-5-3-2-4-6-15)22-17(24-13)11-19-9-14-10-20-16-7-8-21-23(16)12-14/h2-8,14,19-20H,9-12H2,1H3. The van der Waals surface area contributed by atoms with E-state index in [9.17, 15) is 0 Å². The number of hydrogen-bond acceptors (Lipinski definition) is 5. The summed E-state index contributed by atoms with van der Waals surface area (Å²) in [6.07, 6.45) is 1.85. The van der Waals surface area contributed by atoms with E-state index in [4.69, 9.17) is 4.98 Å². The van der Waals surface area contributed by atoms with E-state index in [-0.39, 0.29) is 0 Å². The maximum Gasteiger partial charge on any atom is 0.124 e. The molecule has 0 fully saturated rings. The zero-order valence-electron chi connectivity index (χ0n) is 13.7. The molecule has 1 aromatic carbocycles. The van der Waals surface area contributed by atoms with Gasteiger partial charge in [-0.05, 0) is 6.92 Å². The molecule has 0 radical (unpaired) electrons. The lowest BCUT2D eigenvalue weighted by Crippen LogP contribution is -2.35. The zero-order chi connectivity index (χ0) is 16.4. The van der Waals surface area contributed by atoms with Crippen molar-refractivity contribution in [3.63, 3.8) is 0 Å². The first-order valence-corrected chi connectivity index (χ1v) is 9.09. The highest BCUT2D eigenvalue weighted by molar-refractivity contribution is 7.12. The van der Waals surface area contributed by atoms with Crippen molar-refractivity contribution < 1.29 is 0 Å².